The summed E-state index contributed by atoms with van der Waals surface area (Å²) in [7, 11) is 0. The lowest BCUT2D eigenvalue weighted by Gasteiger charge is -2.06. The Morgan fingerprint density at radius 2 is 1.84 bits per heavy atom. The summed E-state index contributed by atoms with van der Waals surface area (Å²) >= 11 is 2.86. The molecule has 2 rings (SSSR count). The first kappa shape index (κ1) is 13.7. The van der Waals surface area contributed by atoms with Crippen LogP contribution in [0.2, 0.25) is 0 Å². The third-order valence-electron chi connectivity index (χ3n) is 2.79. The number of hydrogen-bond donors (Lipinski definition) is 1. The van der Waals surface area contributed by atoms with Crippen molar-refractivity contribution in [2.24, 2.45) is 0 Å². The van der Waals surface area contributed by atoms with Gasteiger partial charge in [0.05, 0.1) is 10.0 Å². The van der Waals surface area contributed by atoms with Crippen molar-refractivity contribution in [2.75, 3.05) is 5.73 Å². The fourth-order valence-corrected chi connectivity index (χ4v) is 1.98. The van der Waals surface area contributed by atoms with Crippen molar-refractivity contribution in [3.05, 3.63) is 63.1 Å². The van der Waals surface area contributed by atoms with Gasteiger partial charge in [0.25, 0.3) is 0 Å². The molecule has 19 heavy (non-hydrogen) atoms. The number of aryl methyl sites for hydroxylation is 1. The topological polar surface area (TPSA) is 43.1 Å². The summed E-state index contributed by atoms with van der Waals surface area (Å²) < 4.78 is 27.1. The van der Waals surface area contributed by atoms with E-state index in [4.69, 9.17) is 5.73 Å². The van der Waals surface area contributed by atoms with E-state index in [0.29, 0.717) is 11.3 Å². The second-order valence-electron chi connectivity index (χ2n) is 4.15. The predicted molar refractivity (Wildman–Crippen MR) is 73.1 cm³/mol. The van der Waals surface area contributed by atoms with Crippen LogP contribution in [0.5, 0.6) is 0 Å². The molecule has 0 amide bonds. The van der Waals surface area contributed by atoms with E-state index < -0.39 is 17.4 Å². The predicted octanol–water partition coefficient (Wildman–Crippen LogP) is 3.85. The van der Waals surface area contributed by atoms with E-state index in [1.165, 1.54) is 6.07 Å². The molecule has 0 unspecified atom stereocenters. The highest BCUT2D eigenvalue weighted by molar-refractivity contribution is 9.10. The average Bonchev–Trinajstić information content (AvgIpc) is 2.36. The van der Waals surface area contributed by atoms with Crippen LogP contribution in [-0.2, 0) is 0 Å². The average molecular weight is 326 g/mol. The minimum absolute atomic E-state index is 0.0185. The Kier molecular flexibility index (Phi) is 3.66. The Balaban J connectivity index is 2.49. The van der Waals surface area contributed by atoms with Crippen LogP contribution < -0.4 is 5.73 Å². The molecule has 0 aromatic heterocycles. The fraction of sp³-hybridized carbons (Fsp3) is 0.0714. The molecular weight excluding hydrogens is 316 g/mol. The molecule has 2 N–H and O–H groups in total. The Hall–Kier alpha value is -1.75. The smallest absolute Gasteiger partial charge is 0.196 e. The maximum Gasteiger partial charge on any atom is 0.196 e. The highest BCUT2D eigenvalue weighted by atomic mass is 79.9. The van der Waals surface area contributed by atoms with Crippen LogP contribution in [0.4, 0.5) is 14.5 Å². The van der Waals surface area contributed by atoms with Gasteiger partial charge in [-0.3, -0.25) is 4.79 Å². The summed E-state index contributed by atoms with van der Waals surface area (Å²) in [6.07, 6.45) is 0. The first-order chi connectivity index (χ1) is 8.90. The second-order valence-corrected chi connectivity index (χ2v) is 5.00. The van der Waals surface area contributed by atoms with Crippen LogP contribution in [0.3, 0.4) is 0 Å². The molecule has 0 heterocycles. The van der Waals surface area contributed by atoms with E-state index >= 15 is 0 Å². The molecule has 2 aromatic rings. The molecule has 98 valence electrons. The number of anilines is 1. The van der Waals surface area contributed by atoms with E-state index in [2.05, 4.69) is 15.9 Å². The van der Waals surface area contributed by atoms with E-state index in [-0.39, 0.29) is 15.6 Å². The summed E-state index contributed by atoms with van der Waals surface area (Å²) in [4.78, 5) is 12.1. The normalized spacial score (nSPS) is 10.5. The minimum atomic E-state index is -0.771. The number of carbonyl (C=O) groups is 1. The molecule has 2 nitrogen and oxygen atoms in total. The zero-order valence-electron chi connectivity index (χ0n) is 10.0. The third-order valence-corrected chi connectivity index (χ3v) is 3.39. The number of benzene rings is 2. The van der Waals surface area contributed by atoms with Gasteiger partial charge in [0, 0.05) is 11.3 Å². The SMILES string of the molecule is Cc1cc(C(=O)c2cc(F)c(Br)cc2F)ccc1N. The first-order valence-corrected chi connectivity index (χ1v) is 6.25. The zero-order chi connectivity index (χ0) is 14.2. The van der Waals surface area contributed by atoms with Crippen molar-refractivity contribution in [3.63, 3.8) is 0 Å². The zero-order valence-corrected chi connectivity index (χ0v) is 11.6. The van der Waals surface area contributed by atoms with Gasteiger partial charge in [0.1, 0.15) is 11.6 Å². The van der Waals surface area contributed by atoms with Crippen molar-refractivity contribution < 1.29 is 13.6 Å². The van der Waals surface area contributed by atoms with Gasteiger partial charge >= 0.3 is 0 Å². The van der Waals surface area contributed by atoms with Crippen LogP contribution in [0, 0.1) is 18.6 Å². The summed E-state index contributed by atoms with van der Waals surface area (Å²) in [5.74, 6) is -2.03. The number of ketones is 1. The van der Waals surface area contributed by atoms with E-state index in [0.717, 1.165) is 12.1 Å². The Morgan fingerprint density at radius 1 is 1.16 bits per heavy atom. The van der Waals surface area contributed by atoms with Gasteiger partial charge in [0.2, 0.25) is 0 Å². The van der Waals surface area contributed by atoms with Gasteiger partial charge in [0.15, 0.2) is 5.78 Å². The lowest BCUT2D eigenvalue weighted by molar-refractivity contribution is 0.103. The summed E-state index contributed by atoms with van der Waals surface area (Å²) in [6.45, 7) is 1.74. The van der Waals surface area contributed by atoms with Crippen molar-refractivity contribution in [1.82, 2.24) is 0 Å². The van der Waals surface area contributed by atoms with Gasteiger partial charge < -0.3 is 5.73 Å². The Bertz CT molecular complexity index is 671. The molecule has 0 fully saturated rings. The van der Waals surface area contributed by atoms with Crippen LogP contribution >= 0.6 is 15.9 Å². The summed E-state index contributed by atoms with van der Waals surface area (Å²) in [5.41, 5.74) is 6.87. The van der Waals surface area contributed by atoms with Crippen LogP contribution in [0.25, 0.3) is 0 Å². The fourth-order valence-electron chi connectivity index (χ4n) is 1.67. The van der Waals surface area contributed by atoms with E-state index in [9.17, 15) is 13.6 Å². The molecule has 0 radical (unpaired) electrons. The molecule has 2 aromatic carbocycles. The molecule has 0 aliphatic heterocycles. The second kappa shape index (κ2) is 5.09. The first-order valence-electron chi connectivity index (χ1n) is 5.45. The van der Waals surface area contributed by atoms with Crippen molar-refractivity contribution in [1.29, 1.82) is 0 Å². The van der Waals surface area contributed by atoms with E-state index in [1.807, 2.05) is 0 Å². The molecule has 0 aliphatic carbocycles. The molecule has 0 saturated heterocycles. The molecule has 5 heteroatoms. The van der Waals surface area contributed by atoms with Crippen LogP contribution in [0.1, 0.15) is 21.5 Å². The lowest BCUT2D eigenvalue weighted by atomic mass is 10.0. The maximum atomic E-state index is 13.7. The lowest BCUT2D eigenvalue weighted by Crippen LogP contribution is -2.06. The Morgan fingerprint density at radius 3 is 2.47 bits per heavy atom. The number of carbonyl (C=O) groups excluding carboxylic acids is 1. The highest BCUT2D eigenvalue weighted by Gasteiger charge is 2.17. The van der Waals surface area contributed by atoms with Crippen LogP contribution in [0.15, 0.2) is 34.8 Å². The van der Waals surface area contributed by atoms with Crippen molar-refractivity contribution in [3.8, 4) is 0 Å². The largest absolute Gasteiger partial charge is 0.399 e. The monoisotopic (exact) mass is 325 g/mol. The number of rotatable bonds is 2. The van der Waals surface area contributed by atoms with E-state index in [1.54, 1.807) is 19.1 Å². The highest BCUT2D eigenvalue weighted by Crippen LogP contribution is 2.23. The maximum absolute atomic E-state index is 13.7. The molecule has 0 spiro atoms. The molecule has 0 bridgehead atoms. The van der Waals surface area contributed by atoms with Gasteiger partial charge in [-0.1, -0.05) is 0 Å². The standard InChI is InChI=1S/C14H10BrF2NO/c1-7-4-8(2-3-13(7)18)14(19)9-5-12(17)10(15)6-11(9)16/h2-6H,18H2,1H3. The summed E-state index contributed by atoms with van der Waals surface area (Å²) in [5, 5.41) is 0. The van der Waals surface area contributed by atoms with Gasteiger partial charge in [-0.2, -0.15) is 0 Å². The van der Waals surface area contributed by atoms with Gasteiger partial charge in [-0.15, -0.1) is 0 Å². The van der Waals surface area contributed by atoms with Gasteiger partial charge in [-0.05, 0) is 58.7 Å². The third kappa shape index (κ3) is 2.66. The number of hydrogen-bond acceptors (Lipinski definition) is 2. The molecule has 0 aliphatic rings. The summed E-state index contributed by atoms with van der Waals surface area (Å²) in [6, 6.07) is 6.43. The molecule has 0 atom stereocenters. The molecular formula is C14H10BrF2NO. The number of halogens is 3. The number of nitrogens with two attached hydrogens (primary N) is 1. The minimum Gasteiger partial charge on any atom is -0.399 e. The number of nitrogen functional groups attached to an aromatic ring is 1. The van der Waals surface area contributed by atoms with Crippen molar-refractivity contribution >= 4 is 27.4 Å². The van der Waals surface area contributed by atoms with Crippen molar-refractivity contribution in [2.45, 2.75) is 6.92 Å². The molecule has 0 saturated carbocycles. The Labute approximate surface area is 117 Å². The quantitative estimate of drug-likeness (QED) is 0.517. The van der Waals surface area contributed by atoms with Crippen LogP contribution in [-0.4, -0.2) is 5.78 Å². The van der Waals surface area contributed by atoms with Gasteiger partial charge in [-0.25, -0.2) is 8.78 Å².